The van der Waals surface area contributed by atoms with Gasteiger partial charge in [-0.2, -0.15) is 5.10 Å². The first-order valence-corrected chi connectivity index (χ1v) is 5.32. The van der Waals surface area contributed by atoms with E-state index in [0.717, 1.165) is 5.56 Å². The van der Waals surface area contributed by atoms with Crippen LogP contribution in [0.1, 0.15) is 11.1 Å². The molecule has 2 aromatic heterocycles. The van der Waals surface area contributed by atoms with Crippen LogP contribution in [0.2, 0.25) is 5.02 Å². The summed E-state index contributed by atoms with van der Waals surface area (Å²) < 4.78 is 1.50. The van der Waals surface area contributed by atoms with Gasteiger partial charge in [-0.25, -0.2) is 9.67 Å². The molecule has 0 aliphatic heterocycles. The van der Waals surface area contributed by atoms with Crippen molar-refractivity contribution in [2.45, 2.75) is 13.3 Å². The maximum Gasteiger partial charge on any atom is 0.307 e. The lowest BCUT2D eigenvalue weighted by atomic mass is 10.3. The van der Waals surface area contributed by atoms with Gasteiger partial charge in [-0.3, -0.25) is 4.79 Å². The van der Waals surface area contributed by atoms with Gasteiger partial charge in [-0.15, -0.1) is 0 Å². The van der Waals surface area contributed by atoms with Crippen LogP contribution in [0.15, 0.2) is 24.7 Å². The van der Waals surface area contributed by atoms with Crippen LogP contribution in [0.4, 0.5) is 0 Å². The predicted molar refractivity (Wildman–Crippen MR) is 62.4 cm³/mol. The SMILES string of the molecule is Cc1cnc(-n2cc(CC(=O)O)cn2)cc1Cl. The maximum atomic E-state index is 10.5. The first-order valence-electron chi connectivity index (χ1n) is 4.94. The summed E-state index contributed by atoms with van der Waals surface area (Å²) in [5.74, 6) is -0.323. The van der Waals surface area contributed by atoms with Crippen LogP contribution in [0.25, 0.3) is 5.82 Å². The second-order valence-corrected chi connectivity index (χ2v) is 4.06. The van der Waals surface area contributed by atoms with Crippen molar-refractivity contribution in [1.82, 2.24) is 14.8 Å². The average Bonchev–Trinajstić information content (AvgIpc) is 2.69. The van der Waals surface area contributed by atoms with E-state index < -0.39 is 5.97 Å². The van der Waals surface area contributed by atoms with Crippen molar-refractivity contribution in [3.05, 3.63) is 40.8 Å². The number of carboxylic acids is 1. The lowest BCUT2D eigenvalue weighted by Crippen LogP contribution is -2.00. The minimum Gasteiger partial charge on any atom is -0.481 e. The second-order valence-electron chi connectivity index (χ2n) is 3.66. The van der Waals surface area contributed by atoms with Gasteiger partial charge in [0.25, 0.3) is 0 Å². The summed E-state index contributed by atoms with van der Waals surface area (Å²) in [5.41, 5.74) is 1.50. The van der Waals surface area contributed by atoms with E-state index >= 15 is 0 Å². The molecule has 17 heavy (non-hydrogen) atoms. The number of carboxylic acid groups (broad SMARTS) is 1. The standard InChI is InChI=1S/C11H10ClN3O2/c1-7-4-13-10(3-9(7)12)15-6-8(5-14-15)2-11(16)17/h3-6H,2H2,1H3,(H,16,17). The van der Waals surface area contributed by atoms with Crippen LogP contribution in [-0.2, 0) is 11.2 Å². The minimum absolute atomic E-state index is 0.0560. The first-order chi connectivity index (χ1) is 8.06. The van der Waals surface area contributed by atoms with E-state index in [4.69, 9.17) is 16.7 Å². The molecule has 0 spiro atoms. The van der Waals surface area contributed by atoms with Gasteiger partial charge in [-0.05, 0) is 12.5 Å². The molecule has 2 rings (SSSR count). The van der Waals surface area contributed by atoms with Crippen LogP contribution in [-0.4, -0.2) is 25.8 Å². The molecule has 0 aromatic carbocycles. The summed E-state index contributed by atoms with van der Waals surface area (Å²) >= 11 is 5.98. The van der Waals surface area contributed by atoms with Gasteiger partial charge in [0.05, 0.1) is 12.6 Å². The smallest absolute Gasteiger partial charge is 0.307 e. The molecular formula is C11H10ClN3O2. The Morgan fingerprint density at radius 2 is 2.29 bits per heavy atom. The largest absolute Gasteiger partial charge is 0.481 e. The number of aromatic nitrogens is 3. The number of hydrogen-bond donors (Lipinski definition) is 1. The zero-order chi connectivity index (χ0) is 12.4. The van der Waals surface area contributed by atoms with Gasteiger partial charge >= 0.3 is 5.97 Å². The quantitative estimate of drug-likeness (QED) is 0.904. The maximum absolute atomic E-state index is 10.5. The average molecular weight is 252 g/mol. The number of halogens is 1. The highest BCUT2D eigenvalue weighted by molar-refractivity contribution is 6.31. The highest BCUT2D eigenvalue weighted by Gasteiger charge is 2.06. The Kier molecular flexibility index (Phi) is 3.10. The molecule has 88 valence electrons. The molecule has 0 aliphatic rings. The summed E-state index contributed by atoms with van der Waals surface area (Å²) in [7, 11) is 0. The number of hydrogen-bond acceptors (Lipinski definition) is 3. The predicted octanol–water partition coefficient (Wildman–Crippen LogP) is 1.86. The fourth-order valence-electron chi connectivity index (χ4n) is 1.37. The van der Waals surface area contributed by atoms with Crippen molar-refractivity contribution in [3.8, 4) is 5.82 Å². The molecule has 5 nitrogen and oxygen atoms in total. The molecule has 2 heterocycles. The molecule has 0 fully saturated rings. The van der Waals surface area contributed by atoms with Gasteiger partial charge in [-0.1, -0.05) is 11.6 Å². The molecule has 0 saturated heterocycles. The molecule has 0 atom stereocenters. The topological polar surface area (TPSA) is 68.0 Å². The van der Waals surface area contributed by atoms with Crippen LogP contribution >= 0.6 is 11.6 Å². The molecule has 0 amide bonds. The number of carbonyl (C=O) groups is 1. The van der Waals surface area contributed by atoms with Crippen LogP contribution in [0.5, 0.6) is 0 Å². The zero-order valence-corrected chi connectivity index (χ0v) is 9.85. The van der Waals surface area contributed by atoms with Crippen LogP contribution in [0, 0.1) is 6.92 Å². The van der Waals surface area contributed by atoms with E-state index in [0.29, 0.717) is 16.4 Å². The number of rotatable bonds is 3. The minimum atomic E-state index is -0.889. The van der Waals surface area contributed by atoms with E-state index in [1.165, 1.54) is 10.9 Å². The zero-order valence-electron chi connectivity index (χ0n) is 9.09. The van der Waals surface area contributed by atoms with Crippen molar-refractivity contribution in [2.75, 3.05) is 0 Å². The molecule has 0 bridgehead atoms. The Morgan fingerprint density at radius 1 is 1.53 bits per heavy atom. The number of pyridine rings is 1. The van der Waals surface area contributed by atoms with E-state index in [2.05, 4.69) is 10.1 Å². The molecule has 0 aliphatic carbocycles. The van der Waals surface area contributed by atoms with Gasteiger partial charge in [0.2, 0.25) is 0 Å². The van der Waals surface area contributed by atoms with E-state index in [-0.39, 0.29) is 6.42 Å². The second kappa shape index (κ2) is 4.55. The fourth-order valence-corrected chi connectivity index (χ4v) is 1.51. The van der Waals surface area contributed by atoms with Crippen molar-refractivity contribution >= 4 is 17.6 Å². The lowest BCUT2D eigenvalue weighted by Gasteiger charge is -2.02. The Labute approximate surface area is 103 Å². The van der Waals surface area contributed by atoms with Crippen LogP contribution in [0.3, 0.4) is 0 Å². The third kappa shape index (κ3) is 2.62. The molecule has 1 N–H and O–H groups in total. The van der Waals surface area contributed by atoms with E-state index in [9.17, 15) is 4.79 Å². The van der Waals surface area contributed by atoms with Crippen molar-refractivity contribution in [2.24, 2.45) is 0 Å². The molecule has 0 saturated carbocycles. The van der Waals surface area contributed by atoms with Crippen molar-refractivity contribution in [3.63, 3.8) is 0 Å². The summed E-state index contributed by atoms with van der Waals surface area (Å²) in [4.78, 5) is 14.7. The number of aliphatic carboxylic acids is 1. The molecule has 6 heteroatoms. The molecule has 0 radical (unpaired) electrons. The van der Waals surface area contributed by atoms with Crippen molar-refractivity contribution in [1.29, 1.82) is 0 Å². The van der Waals surface area contributed by atoms with E-state index in [1.807, 2.05) is 6.92 Å². The summed E-state index contributed by atoms with van der Waals surface area (Å²) in [6.07, 6.45) is 4.72. The summed E-state index contributed by atoms with van der Waals surface area (Å²) in [6, 6.07) is 1.69. The van der Waals surface area contributed by atoms with Crippen LogP contribution < -0.4 is 0 Å². The molecule has 0 unspecified atom stereocenters. The highest BCUT2D eigenvalue weighted by atomic mass is 35.5. The monoisotopic (exact) mass is 251 g/mol. The van der Waals surface area contributed by atoms with Gasteiger partial charge in [0.1, 0.15) is 0 Å². The fraction of sp³-hybridized carbons (Fsp3) is 0.182. The van der Waals surface area contributed by atoms with Gasteiger partial charge in [0.15, 0.2) is 5.82 Å². The normalized spacial score (nSPS) is 10.5. The first kappa shape index (κ1) is 11.6. The van der Waals surface area contributed by atoms with Gasteiger partial charge < -0.3 is 5.11 Å². The lowest BCUT2D eigenvalue weighted by molar-refractivity contribution is -0.136. The van der Waals surface area contributed by atoms with Gasteiger partial charge in [0, 0.05) is 29.0 Å². The summed E-state index contributed by atoms with van der Waals surface area (Å²) in [5, 5.41) is 13.3. The molecule has 2 aromatic rings. The Balaban J connectivity index is 2.30. The Morgan fingerprint density at radius 3 is 2.94 bits per heavy atom. The number of aryl methyl sites for hydroxylation is 1. The van der Waals surface area contributed by atoms with Crippen molar-refractivity contribution < 1.29 is 9.90 Å². The Hall–Kier alpha value is -1.88. The summed E-state index contributed by atoms with van der Waals surface area (Å²) in [6.45, 7) is 1.86. The third-order valence-electron chi connectivity index (χ3n) is 2.25. The highest BCUT2D eigenvalue weighted by Crippen LogP contribution is 2.16. The number of nitrogens with zero attached hydrogens (tertiary/aromatic N) is 3. The third-order valence-corrected chi connectivity index (χ3v) is 2.66. The van der Waals surface area contributed by atoms with E-state index in [1.54, 1.807) is 18.5 Å². The Bertz CT molecular complexity index is 566. The molecular weight excluding hydrogens is 242 g/mol.